The molecule has 3 rings (SSSR count). The summed E-state index contributed by atoms with van der Waals surface area (Å²) in [5.41, 5.74) is 1.69. The molecule has 0 radical (unpaired) electrons. The maximum atomic E-state index is 10.3. The summed E-state index contributed by atoms with van der Waals surface area (Å²) in [4.78, 5) is 4.30. The largest absolute Gasteiger partial charge is 0.486 e. The first-order chi connectivity index (χ1) is 8.74. The second kappa shape index (κ2) is 4.59. The summed E-state index contributed by atoms with van der Waals surface area (Å²) in [5.74, 6) is 1.42. The van der Waals surface area contributed by atoms with Crippen LogP contribution in [0.1, 0.15) is 22.4 Å². The minimum atomic E-state index is -0.709. The topological polar surface area (TPSA) is 51.6 Å². The Morgan fingerprint density at radius 3 is 2.78 bits per heavy atom. The van der Waals surface area contributed by atoms with Gasteiger partial charge in [-0.25, -0.2) is 4.98 Å². The third kappa shape index (κ3) is 2.07. The van der Waals surface area contributed by atoms with Crippen molar-refractivity contribution in [2.45, 2.75) is 13.0 Å². The molecule has 0 aliphatic carbocycles. The Hall–Kier alpha value is -1.59. The highest BCUT2D eigenvalue weighted by Crippen LogP contribution is 2.34. The summed E-state index contributed by atoms with van der Waals surface area (Å²) in [7, 11) is 0. The summed E-state index contributed by atoms with van der Waals surface area (Å²) in [6, 6.07) is 5.48. The van der Waals surface area contributed by atoms with Gasteiger partial charge in [-0.15, -0.1) is 11.3 Å². The van der Waals surface area contributed by atoms with Crippen LogP contribution < -0.4 is 9.47 Å². The Kier molecular flexibility index (Phi) is 2.93. The summed E-state index contributed by atoms with van der Waals surface area (Å²) in [6.07, 6.45) is -0.709. The van der Waals surface area contributed by atoms with E-state index in [1.807, 2.05) is 30.5 Å². The van der Waals surface area contributed by atoms with Crippen molar-refractivity contribution >= 4 is 11.3 Å². The van der Waals surface area contributed by atoms with Crippen molar-refractivity contribution in [2.75, 3.05) is 13.2 Å². The molecular formula is C13H13NO3S. The van der Waals surface area contributed by atoms with Crippen LogP contribution >= 0.6 is 11.3 Å². The van der Waals surface area contributed by atoms with E-state index < -0.39 is 6.10 Å². The number of ether oxygens (including phenoxy) is 2. The maximum absolute atomic E-state index is 10.3. The van der Waals surface area contributed by atoms with Crippen LogP contribution in [-0.2, 0) is 0 Å². The molecule has 1 N–H and O–H groups in total. The number of rotatable bonds is 2. The van der Waals surface area contributed by atoms with E-state index in [0.717, 1.165) is 17.0 Å². The standard InChI is InChI=1S/C13H13NO3S/c1-8-7-18-13(14-8)12(15)9-2-3-10-11(6-9)17-5-4-16-10/h2-3,6-7,12,15H,4-5H2,1H3. The molecule has 1 aliphatic rings. The molecule has 1 unspecified atom stereocenters. The van der Waals surface area contributed by atoms with Gasteiger partial charge in [-0.05, 0) is 24.6 Å². The molecule has 0 saturated carbocycles. The zero-order chi connectivity index (χ0) is 12.5. The van der Waals surface area contributed by atoms with E-state index in [0.29, 0.717) is 24.0 Å². The Balaban J connectivity index is 1.92. The Morgan fingerprint density at radius 1 is 1.28 bits per heavy atom. The number of nitrogens with zero attached hydrogens (tertiary/aromatic N) is 1. The minimum Gasteiger partial charge on any atom is -0.486 e. The number of benzene rings is 1. The molecule has 0 bridgehead atoms. The predicted molar refractivity (Wildman–Crippen MR) is 68.3 cm³/mol. The first-order valence-electron chi connectivity index (χ1n) is 5.73. The predicted octanol–water partition coefficient (Wildman–Crippen LogP) is 2.30. The number of aryl methyl sites for hydroxylation is 1. The highest BCUT2D eigenvalue weighted by atomic mass is 32.1. The van der Waals surface area contributed by atoms with Crippen molar-refractivity contribution in [3.05, 3.63) is 39.8 Å². The van der Waals surface area contributed by atoms with Crippen molar-refractivity contribution in [3.63, 3.8) is 0 Å². The average molecular weight is 263 g/mol. The molecule has 1 aliphatic heterocycles. The van der Waals surface area contributed by atoms with Gasteiger partial charge in [0.25, 0.3) is 0 Å². The monoisotopic (exact) mass is 263 g/mol. The van der Waals surface area contributed by atoms with Crippen molar-refractivity contribution in [1.82, 2.24) is 4.98 Å². The molecule has 94 valence electrons. The van der Waals surface area contributed by atoms with Crippen molar-refractivity contribution < 1.29 is 14.6 Å². The molecule has 0 fully saturated rings. The molecule has 1 atom stereocenters. The summed E-state index contributed by atoms with van der Waals surface area (Å²) < 4.78 is 11.0. The van der Waals surface area contributed by atoms with E-state index in [2.05, 4.69) is 4.98 Å². The van der Waals surface area contributed by atoms with E-state index in [1.165, 1.54) is 11.3 Å². The lowest BCUT2D eigenvalue weighted by Crippen LogP contribution is -2.15. The molecular weight excluding hydrogens is 250 g/mol. The van der Waals surface area contributed by atoms with E-state index in [1.54, 1.807) is 0 Å². The van der Waals surface area contributed by atoms with Gasteiger partial charge >= 0.3 is 0 Å². The third-order valence-corrected chi connectivity index (χ3v) is 3.77. The molecule has 0 spiro atoms. The lowest BCUT2D eigenvalue weighted by molar-refractivity contribution is 0.169. The van der Waals surface area contributed by atoms with Gasteiger partial charge in [-0.2, -0.15) is 0 Å². The molecule has 1 aromatic carbocycles. The average Bonchev–Trinajstić information content (AvgIpc) is 2.84. The summed E-state index contributed by atoms with van der Waals surface area (Å²) >= 11 is 1.46. The molecule has 0 amide bonds. The normalized spacial score (nSPS) is 15.4. The van der Waals surface area contributed by atoms with E-state index >= 15 is 0 Å². The lowest BCUT2D eigenvalue weighted by atomic mass is 10.1. The van der Waals surface area contributed by atoms with Crippen molar-refractivity contribution in [1.29, 1.82) is 0 Å². The van der Waals surface area contributed by atoms with Crippen LogP contribution in [0.3, 0.4) is 0 Å². The molecule has 1 aromatic heterocycles. The number of aliphatic hydroxyl groups is 1. The second-order valence-electron chi connectivity index (χ2n) is 4.13. The highest BCUT2D eigenvalue weighted by Gasteiger charge is 2.18. The van der Waals surface area contributed by atoms with Gasteiger partial charge in [0.15, 0.2) is 11.5 Å². The van der Waals surface area contributed by atoms with Crippen molar-refractivity contribution in [3.8, 4) is 11.5 Å². The number of aromatic nitrogens is 1. The van der Waals surface area contributed by atoms with E-state index in [4.69, 9.17) is 9.47 Å². The highest BCUT2D eigenvalue weighted by molar-refractivity contribution is 7.09. The van der Waals surface area contributed by atoms with Crippen LogP contribution in [0.5, 0.6) is 11.5 Å². The molecule has 0 saturated heterocycles. The number of hydrogen-bond donors (Lipinski definition) is 1. The van der Waals surface area contributed by atoms with Gasteiger partial charge in [-0.1, -0.05) is 6.07 Å². The summed E-state index contributed by atoms with van der Waals surface area (Å²) in [5, 5.41) is 12.9. The fourth-order valence-corrected chi connectivity index (χ4v) is 2.68. The molecule has 4 nitrogen and oxygen atoms in total. The van der Waals surface area contributed by atoms with E-state index in [9.17, 15) is 5.11 Å². The van der Waals surface area contributed by atoms with Gasteiger partial charge in [0.2, 0.25) is 0 Å². The van der Waals surface area contributed by atoms with Gasteiger partial charge in [0.1, 0.15) is 24.3 Å². The first kappa shape index (κ1) is 11.5. The molecule has 5 heteroatoms. The Labute approximate surface area is 109 Å². The van der Waals surface area contributed by atoms with Gasteiger partial charge < -0.3 is 14.6 Å². The number of hydrogen-bond acceptors (Lipinski definition) is 5. The molecule has 2 heterocycles. The maximum Gasteiger partial charge on any atom is 0.161 e. The fraction of sp³-hybridized carbons (Fsp3) is 0.308. The number of fused-ring (bicyclic) bond motifs is 1. The Bertz CT molecular complexity index is 567. The molecule has 18 heavy (non-hydrogen) atoms. The zero-order valence-electron chi connectivity index (χ0n) is 9.92. The van der Waals surface area contributed by atoms with Crippen molar-refractivity contribution in [2.24, 2.45) is 0 Å². The SMILES string of the molecule is Cc1csc(C(O)c2ccc3c(c2)OCCO3)n1. The van der Waals surface area contributed by atoms with Crippen LogP contribution in [0.2, 0.25) is 0 Å². The van der Waals surface area contributed by atoms with Crippen LogP contribution in [0, 0.1) is 6.92 Å². The lowest BCUT2D eigenvalue weighted by Gasteiger charge is -2.19. The molecule has 2 aromatic rings. The van der Waals surface area contributed by atoms with Gasteiger partial charge in [0.05, 0.1) is 0 Å². The van der Waals surface area contributed by atoms with Crippen LogP contribution in [-0.4, -0.2) is 23.3 Å². The van der Waals surface area contributed by atoms with Gasteiger partial charge in [-0.3, -0.25) is 0 Å². The minimum absolute atomic E-state index is 0.545. The zero-order valence-corrected chi connectivity index (χ0v) is 10.7. The summed E-state index contributed by atoms with van der Waals surface area (Å²) in [6.45, 7) is 3.03. The smallest absolute Gasteiger partial charge is 0.161 e. The van der Waals surface area contributed by atoms with Crippen LogP contribution in [0.15, 0.2) is 23.6 Å². The van der Waals surface area contributed by atoms with Gasteiger partial charge in [0, 0.05) is 11.1 Å². The van der Waals surface area contributed by atoms with Crippen LogP contribution in [0.4, 0.5) is 0 Å². The Morgan fingerprint density at radius 2 is 2.06 bits per heavy atom. The quantitative estimate of drug-likeness (QED) is 0.903. The fourth-order valence-electron chi connectivity index (χ4n) is 1.87. The number of aliphatic hydroxyl groups excluding tert-OH is 1. The first-order valence-corrected chi connectivity index (χ1v) is 6.61. The van der Waals surface area contributed by atoms with Crippen LogP contribution in [0.25, 0.3) is 0 Å². The van der Waals surface area contributed by atoms with E-state index in [-0.39, 0.29) is 0 Å². The third-order valence-electron chi connectivity index (χ3n) is 2.75. The number of thiazole rings is 1. The second-order valence-corrected chi connectivity index (χ2v) is 5.02.